The van der Waals surface area contributed by atoms with Gasteiger partial charge in [-0.2, -0.15) is 0 Å². The molecule has 1 unspecified atom stereocenters. The Morgan fingerprint density at radius 3 is 2.06 bits per heavy atom. The molecule has 162 valence electrons. The molecule has 1 heterocycles. The second-order valence-electron chi connectivity index (χ2n) is 10.6. The van der Waals surface area contributed by atoms with Crippen LogP contribution in [0.4, 0.5) is 0 Å². The summed E-state index contributed by atoms with van der Waals surface area (Å²) < 4.78 is 6.63. The molecular weight excluding hydrogens is 399 g/mol. The standard InChI is InChI=1S/C28H33O2P/c1-18-11-10-13-23-25(18)20-12-8-9-14-24(20)31(30-23)17-19-15-21(27(2,3)4)26(29)22(16-19)28(5,6)7/h8-16,29H,17H2,1-7H3. The molecule has 1 atom stereocenters. The molecule has 1 aliphatic heterocycles. The third-order valence-corrected chi connectivity index (χ3v) is 7.99. The summed E-state index contributed by atoms with van der Waals surface area (Å²) in [7, 11) is -0.851. The Kier molecular flexibility index (Phi) is 5.42. The van der Waals surface area contributed by atoms with Crippen LogP contribution in [0, 0.1) is 6.92 Å². The van der Waals surface area contributed by atoms with Crippen LogP contribution in [0.2, 0.25) is 0 Å². The molecule has 4 rings (SSSR count). The largest absolute Gasteiger partial charge is 0.507 e. The molecule has 3 heteroatoms. The van der Waals surface area contributed by atoms with Gasteiger partial charge in [0.25, 0.3) is 0 Å². The van der Waals surface area contributed by atoms with E-state index in [1.165, 1.54) is 27.6 Å². The number of hydrogen-bond donors (Lipinski definition) is 1. The number of fused-ring (bicyclic) bond motifs is 3. The molecule has 0 radical (unpaired) electrons. The van der Waals surface area contributed by atoms with Crippen molar-refractivity contribution in [1.29, 1.82) is 0 Å². The van der Waals surface area contributed by atoms with E-state index in [-0.39, 0.29) is 10.8 Å². The summed E-state index contributed by atoms with van der Waals surface area (Å²) in [6.45, 7) is 15.1. The van der Waals surface area contributed by atoms with Gasteiger partial charge in [0.1, 0.15) is 19.6 Å². The second-order valence-corrected chi connectivity index (χ2v) is 12.4. The lowest BCUT2D eigenvalue weighted by atomic mass is 9.78. The van der Waals surface area contributed by atoms with Crippen molar-refractivity contribution in [3.63, 3.8) is 0 Å². The SMILES string of the molecule is Cc1cccc2c1-c1ccccc1P(Cc1cc(C(C)(C)C)c(O)c(C(C)(C)C)c1)O2. The molecule has 0 spiro atoms. The van der Waals surface area contributed by atoms with E-state index in [4.69, 9.17) is 4.52 Å². The van der Waals surface area contributed by atoms with Crippen LogP contribution < -0.4 is 9.83 Å². The van der Waals surface area contributed by atoms with E-state index in [0.717, 1.165) is 23.0 Å². The molecule has 3 aromatic carbocycles. The van der Waals surface area contributed by atoms with Gasteiger partial charge in [0.15, 0.2) is 0 Å². The Bertz CT molecular complexity index is 1100. The second kappa shape index (κ2) is 7.68. The minimum atomic E-state index is -0.851. The molecular formula is C28H33O2P. The maximum atomic E-state index is 11.1. The molecule has 0 saturated carbocycles. The minimum absolute atomic E-state index is 0.137. The summed E-state index contributed by atoms with van der Waals surface area (Å²) in [5.41, 5.74) is 6.72. The van der Waals surface area contributed by atoms with Crippen LogP contribution in [0.25, 0.3) is 11.1 Å². The fourth-order valence-corrected chi connectivity index (χ4v) is 6.29. The Balaban J connectivity index is 1.82. The number of aromatic hydroxyl groups is 1. The highest BCUT2D eigenvalue weighted by atomic mass is 31.1. The lowest BCUT2D eigenvalue weighted by molar-refractivity contribution is 0.423. The van der Waals surface area contributed by atoms with E-state index in [0.29, 0.717) is 5.75 Å². The highest BCUT2D eigenvalue weighted by Crippen LogP contribution is 2.52. The van der Waals surface area contributed by atoms with Crippen molar-refractivity contribution >= 4 is 13.5 Å². The molecule has 31 heavy (non-hydrogen) atoms. The smallest absolute Gasteiger partial charge is 0.131 e. The van der Waals surface area contributed by atoms with Gasteiger partial charge in [0.05, 0.1) is 0 Å². The maximum Gasteiger partial charge on any atom is 0.131 e. The van der Waals surface area contributed by atoms with E-state index in [9.17, 15) is 5.11 Å². The third-order valence-electron chi connectivity index (χ3n) is 6.00. The molecule has 0 saturated heterocycles. The molecule has 3 aromatic rings. The fraction of sp³-hybridized carbons (Fsp3) is 0.357. The van der Waals surface area contributed by atoms with Gasteiger partial charge >= 0.3 is 0 Å². The Hall–Kier alpha value is -2.31. The first kappa shape index (κ1) is 21.9. The highest BCUT2D eigenvalue weighted by molar-refractivity contribution is 7.61. The zero-order valence-electron chi connectivity index (χ0n) is 19.7. The van der Waals surface area contributed by atoms with Gasteiger partial charge in [-0.15, -0.1) is 0 Å². The van der Waals surface area contributed by atoms with E-state index in [1.807, 2.05) is 0 Å². The molecule has 0 amide bonds. The first-order valence-corrected chi connectivity index (χ1v) is 12.4. The van der Waals surface area contributed by atoms with E-state index in [1.54, 1.807) is 0 Å². The van der Waals surface area contributed by atoms with Crippen LogP contribution in [0.3, 0.4) is 0 Å². The number of benzene rings is 3. The average Bonchev–Trinajstić information content (AvgIpc) is 2.67. The predicted octanol–water partition coefficient (Wildman–Crippen LogP) is 7.58. The fourth-order valence-electron chi connectivity index (χ4n) is 4.34. The third kappa shape index (κ3) is 4.11. The first-order valence-electron chi connectivity index (χ1n) is 11.0. The Morgan fingerprint density at radius 1 is 0.839 bits per heavy atom. The van der Waals surface area contributed by atoms with E-state index < -0.39 is 8.15 Å². The number of rotatable bonds is 2. The topological polar surface area (TPSA) is 29.5 Å². The van der Waals surface area contributed by atoms with Gasteiger partial charge in [0, 0.05) is 17.0 Å². The Labute approximate surface area is 188 Å². The summed E-state index contributed by atoms with van der Waals surface area (Å²) in [4.78, 5) is 0. The highest BCUT2D eigenvalue weighted by Gasteiger charge is 2.30. The van der Waals surface area contributed by atoms with Crippen molar-refractivity contribution in [3.05, 3.63) is 76.9 Å². The quantitative estimate of drug-likeness (QED) is 0.423. The molecule has 0 fully saturated rings. The van der Waals surface area contributed by atoms with Crippen molar-refractivity contribution in [1.82, 2.24) is 0 Å². The summed E-state index contributed by atoms with van der Waals surface area (Å²) in [5.74, 6) is 1.41. The minimum Gasteiger partial charge on any atom is -0.507 e. The normalized spacial score (nSPS) is 15.8. The van der Waals surface area contributed by atoms with Crippen LogP contribution in [0.1, 0.15) is 63.8 Å². The maximum absolute atomic E-state index is 11.1. The lowest BCUT2D eigenvalue weighted by Crippen LogP contribution is -2.19. The van der Waals surface area contributed by atoms with Crippen molar-refractivity contribution < 1.29 is 9.63 Å². The van der Waals surface area contributed by atoms with Gasteiger partial charge in [-0.25, -0.2) is 0 Å². The summed E-state index contributed by atoms with van der Waals surface area (Å²) in [6.07, 6.45) is 0.826. The summed E-state index contributed by atoms with van der Waals surface area (Å²) in [5, 5.41) is 12.4. The van der Waals surface area contributed by atoms with Gasteiger partial charge in [-0.05, 0) is 51.6 Å². The van der Waals surface area contributed by atoms with E-state index in [2.05, 4.69) is 103 Å². The zero-order valence-corrected chi connectivity index (χ0v) is 20.6. The lowest BCUT2D eigenvalue weighted by Gasteiger charge is -2.31. The predicted molar refractivity (Wildman–Crippen MR) is 133 cm³/mol. The van der Waals surface area contributed by atoms with Crippen molar-refractivity contribution in [2.45, 2.75) is 65.5 Å². The molecule has 0 aromatic heterocycles. The summed E-state index contributed by atoms with van der Waals surface area (Å²) >= 11 is 0. The number of phenolic OH excluding ortho intramolecular Hbond substituents is 1. The van der Waals surface area contributed by atoms with Crippen LogP contribution in [-0.2, 0) is 17.0 Å². The van der Waals surface area contributed by atoms with Gasteiger partial charge < -0.3 is 9.63 Å². The molecule has 1 aliphatic rings. The van der Waals surface area contributed by atoms with Gasteiger partial charge in [-0.3, -0.25) is 0 Å². The monoisotopic (exact) mass is 432 g/mol. The first-order chi connectivity index (χ1) is 14.5. The van der Waals surface area contributed by atoms with Crippen molar-refractivity contribution in [3.8, 4) is 22.6 Å². The van der Waals surface area contributed by atoms with Crippen LogP contribution in [0.15, 0.2) is 54.6 Å². The average molecular weight is 433 g/mol. The van der Waals surface area contributed by atoms with Gasteiger partial charge in [0.2, 0.25) is 0 Å². The van der Waals surface area contributed by atoms with Gasteiger partial charge in [-0.1, -0.05) is 90.1 Å². The number of aryl methyl sites for hydroxylation is 1. The molecule has 1 N–H and O–H groups in total. The Morgan fingerprint density at radius 2 is 1.45 bits per heavy atom. The van der Waals surface area contributed by atoms with Crippen LogP contribution >= 0.6 is 8.15 Å². The molecule has 0 aliphatic carbocycles. The molecule has 0 bridgehead atoms. The summed E-state index contributed by atoms with van der Waals surface area (Å²) in [6, 6.07) is 19.3. The number of phenols is 1. The van der Waals surface area contributed by atoms with Crippen molar-refractivity contribution in [2.75, 3.05) is 0 Å². The van der Waals surface area contributed by atoms with E-state index >= 15 is 0 Å². The molecule has 2 nitrogen and oxygen atoms in total. The van der Waals surface area contributed by atoms with Crippen molar-refractivity contribution in [2.24, 2.45) is 0 Å². The van der Waals surface area contributed by atoms with Crippen LogP contribution in [-0.4, -0.2) is 5.11 Å². The van der Waals surface area contributed by atoms with Crippen LogP contribution in [0.5, 0.6) is 11.5 Å². The zero-order chi connectivity index (χ0) is 22.6. The number of hydrogen-bond acceptors (Lipinski definition) is 2.